The van der Waals surface area contributed by atoms with Crippen LogP contribution in [0, 0.1) is 5.82 Å². The fraction of sp³-hybridized carbons (Fsp3) is 0.143. The van der Waals surface area contributed by atoms with Crippen LogP contribution in [0.5, 0.6) is 0 Å². The van der Waals surface area contributed by atoms with Crippen molar-refractivity contribution in [3.63, 3.8) is 0 Å². The van der Waals surface area contributed by atoms with Crippen LogP contribution in [0.4, 0.5) is 16.0 Å². The normalized spacial score (nSPS) is 10.3. The van der Waals surface area contributed by atoms with Gasteiger partial charge in [0.05, 0.1) is 12.7 Å². The second-order valence-electron chi connectivity index (χ2n) is 6.06. The van der Waals surface area contributed by atoms with E-state index in [1.165, 1.54) is 25.4 Å². The maximum absolute atomic E-state index is 13.6. The Balaban J connectivity index is 1.59. The SMILES string of the molecule is COC(=O)c1ccc(Nc2nccc(C(=O)NCCc3ccccc3F)n2)cc1. The molecular formula is C21H19FN4O3. The summed E-state index contributed by atoms with van der Waals surface area (Å²) in [5.41, 5.74) is 1.78. The summed E-state index contributed by atoms with van der Waals surface area (Å²) in [4.78, 5) is 32.0. The minimum Gasteiger partial charge on any atom is -0.465 e. The highest BCUT2D eigenvalue weighted by Crippen LogP contribution is 2.14. The number of esters is 1. The van der Waals surface area contributed by atoms with E-state index in [-0.39, 0.29) is 29.9 Å². The molecule has 0 fully saturated rings. The molecule has 7 nitrogen and oxygen atoms in total. The highest BCUT2D eigenvalue weighted by Gasteiger charge is 2.10. The minimum absolute atomic E-state index is 0.183. The summed E-state index contributed by atoms with van der Waals surface area (Å²) in [6.45, 7) is 0.279. The average Bonchev–Trinajstić information content (AvgIpc) is 2.75. The second-order valence-corrected chi connectivity index (χ2v) is 6.06. The standard InChI is InChI=1S/C21H19FN4O3/c1-29-20(28)15-6-8-16(9-7-15)25-21-24-13-11-18(26-21)19(27)23-12-10-14-4-2-3-5-17(14)22/h2-9,11,13H,10,12H2,1H3,(H,23,27)(H,24,25,26). The first kappa shape index (κ1) is 19.9. The number of nitrogens with one attached hydrogen (secondary N) is 2. The molecule has 3 aromatic rings. The Morgan fingerprint density at radius 1 is 1.07 bits per heavy atom. The van der Waals surface area contributed by atoms with E-state index in [1.54, 1.807) is 42.5 Å². The van der Waals surface area contributed by atoms with Crippen molar-refractivity contribution in [2.75, 3.05) is 19.0 Å². The van der Waals surface area contributed by atoms with Gasteiger partial charge < -0.3 is 15.4 Å². The molecule has 1 aromatic heterocycles. The van der Waals surface area contributed by atoms with E-state index in [0.717, 1.165) is 0 Å². The molecule has 3 rings (SSSR count). The van der Waals surface area contributed by atoms with E-state index >= 15 is 0 Å². The zero-order valence-corrected chi connectivity index (χ0v) is 15.7. The Hall–Kier alpha value is -3.81. The molecule has 0 radical (unpaired) electrons. The summed E-state index contributed by atoms with van der Waals surface area (Å²) in [6, 6.07) is 14.5. The van der Waals surface area contributed by atoms with Gasteiger partial charge in [0.2, 0.25) is 5.95 Å². The zero-order chi connectivity index (χ0) is 20.6. The van der Waals surface area contributed by atoms with Crippen LogP contribution >= 0.6 is 0 Å². The molecule has 1 heterocycles. The number of ether oxygens (including phenoxy) is 1. The largest absolute Gasteiger partial charge is 0.465 e. The van der Waals surface area contributed by atoms with Gasteiger partial charge in [-0.25, -0.2) is 19.2 Å². The Morgan fingerprint density at radius 3 is 2.55 bits per heavy atom. The molecule has 2 aromatic carbocycles. The van der Waals surface area contributed by atoms with Crippen LogP contribution in [-0.4, -0.2) is 35.5 Å². The Morgan fingerprint density at radius 2 is 1.83 bits per heavy atom. The lowest BCUT2D eigenvalue weighted by atomic mass is 10.1. The minimum atomic E-state index is -0.429. The van der Waals surface area contributed by atoms with Crippen LogP contribution in [0.1, 0.15) is 26.4 Å². The van der Waals surface area contributed by atoms with Crippen molar-refractivity contribution < 1.29 is 18.7 Å². The Bertz CT molecular complexity index is 1010. The quantitative estimate of drug-likeness (QED) is 0.598. The van der Waals surface area contributed by atoms with E-state index in [0.29, 0.717) is 23.2 Å². The predicted molar refractivity (Wildman–Crippen MR) is 106 cm³/mol. The van der Waals surface area contributed by atoms with Crippen molar-refractivity contribution in [2.45, 2.75) is 6.42 Å². The fourth-order valence-corrected chi connectivity index (χ4v) is 2.58. The van der Waals surface area contributed by atoms with Crippen LogP contribution < -0.4 is 10.6 Å². The maximum atomic E-state index is 13.6. The lowest BCUT2D eigenvalue weighted by molar-refractivity contribution is 0.0600. The molecule has 0 aliphatic heterocycles. The topological polar surface area (TPSA) is 93.2 Å². The van der Waals surface area contributed by atoms with Crippen LogP contribution in [0.3, 0.4) is 0 Å². The predicted octanol–water partition coefficient (Wildman–Crippen LogP) is 3.12. The van der Waals surface area contributed by atoms with Gasteiger partial charge in [0.1, 0.15) is 11.5 Å². The molecule has 0 aliphatic rings. The van der Waals surface area contributed by atoms with Gasteiger partial charge in [-0.2, -0.15) is 0 Å². The third-order valence-corrected chi connectivity index (χ3v) is 4.09. The van der Waals surface area contributed by atoms with Gasteiger partial charge in [0.25, 0.3) is 5.91 Å². The van der Waals surface area contributed by atoms with Crippen LogP contribution in [0.2, 0.25) is 0 Å². The summed E-state index contributed by atoms with van der Waals surface area (Å²) in [5.74, 6) is -0.874. The summed E-state index contributed by atoms with van der Waals surface area (Å²) >= 11 is 0. The summed E-state index contributed by atoms with van der Waals surface area (Å²) in [5, 5.41) is 5.69. The highest BCUT2D eigenvalue weighted by atomic mass is 19.1. The van der Waals surface area contributed by atoms with Crippen LogP contribution in [0.15, 0.2) is 60.8 Å². The van der Waals surface area contributed by atoms with Gasteiger partial charge >= 0.3 is 5.97 Å². The molecule has 0 aliphatic carbocycles. The number of nitrogens with zero attached hydrogens (tertiary/aromatic N) is 2. The Labute approximate surface area is 167 Å². The van der Waals surface area contributed by atoms with Crippen molar-refractivity contribution in [1.29, 1.82) is 0 Å². The first-order valence-electron chi connectivity index (χ1n) is 8.87. The number of carbonyl (C=O) groups is 2. The molecule has 1 amide bonds. The molecule has 0 atom stereocenters. The monoisotopic (exact) mass is 394 g/mol. The lowest BCUT2D eigenvalue weighted by Crippen LogP contribution is -2.27. The molecule has 2 N–H and O–H groups in total. The van der Waals surface area contributed by atoms with Crippen molar-refractivity contribution in [3.05, 3.63) is 83.4 Å². The number of halogens is 1. The fourth-order valence-electron chi connectivity index (χ4n) is 2.58. The van der Waals surface area contributed by atoms with E-state index in [9.17, 15) is 14.0 Å². The number of anilines is 2. The highest BCUT2D eigenvalue weighted by molar-refractivity contribution is 5.92. The van der Waals surface area contributed by atoms with E-state index in [4.69, 9.17) is 0 Å². The number of benzene rings is 2. The third-order valence-electron chi connectivity index (χ3n) is 4.09. The van der Waals surface area contributed by atoms with Gasteiger partial charge in [-0.3, -0.25) is 4.79 Å². The second kappa shape index (κ2) is 9.41. The van der Waals surface area contributed by atoms with E-state index in [2.05, 4.69) is 25.3 Å². The van der Waals surface area contributed by atoms with Gasteiger partial charge in [-0.05, 0) is 48.4 Å². The van der Waals surface area contributed by atoms with Gasteiger partial charge in [0, 0.05) is 18.4 Å². The first-order valence-corrected chi connectivity index (χ1v) is 8.87. The summed E-state index contributed by atoms with van der Waals surface area (Å²) in [6.07, 6.45) is 1.84. The van der Waals surface area contributed by atoms with Gasteiger partial charge in [-0.1, -0.05) is 18.2 Å². The molecule has 148 valence electrons. The number of amides is 1. The maximum Gasteiger partial charge on any atom is 0.337 e. The molecular weight excluding hydrogens is 375 g/mol. The van der Waals surface area contributed by atoms with Crippen molar-refractivity contribution >= 4 is 23.5 Å². The number of carbonyl (C=O) groups excluding carboxylic acids is 2. The first-order chi connectivity index (χ1) is 14.1. The number of hydrogen-bond donors (Lipinski definition) is 2. The molecule has 0 bridgehead atoms. The van der Waals surface area contributed by atoms with E-state index < -0.39 is 5.97 Å². The smallest absolute Gasteiger partial charge is 0.337 e. The number of hydrogen-bond acceptors (Lipinski definition) is 6. The van der Waals surface area contributed by atoms with Gasteiger partial charge in [0.15, 0.2) is 0 Å². The molecule has 29 heavy (non-hydrogen) atoms. The number of rotatable bonds is 7. The number of methoxy groups -OCH3 is 1. The lowest BCUT2D eigenvalue weighted by Gasteiger charge is -2.08. The summed E-state index contributed by atoms with van der Waals surface area (Å²) in [7, 11) is 1.31. The molecule has 8 heteroatoms. The van der Waals surface area contributed by atoms with Crippen LogP contribution in [-0.2, 0) is 11.2 Å². The van der Waals surface area contributed by atoms with Crippen molar-refractivity contribution in [3.8, 4) is 0 Å². The molecule has 0 unspecified atom stereocenters. The van der Waals surface area contributed by atoms with Gasteiger partial charge in [-0.15, -0.1) is 0 Å². The third kappa shape index (κ3) is 5.35. The summed E-state index contributed by atoms with van der Waals surface area (Å²) < 4.78 is 18.3. The molecule has 0 saturated carbocycles. The molecule has 0 spiro atoms. The molecule has 0 saturated heterocycles. The van der Waals surface area contributed by atoms with Crippen molar-refractivity contribution in [1.82, 2.24) is 15.3 Å². The average molecular weight is 394 g/mol. The zero-order valence-electron chi connectivity index (χ0n) is 15.7. The number of aromatic nitrogens is 2. The van der Waals surface area contributed by atoms with Crippen LogP contribution in [0.25, 0.3) is 0 Å². The van der Waals surface area contributed by atoms with E-state index in [1.807, 2.05) is 0 Å². The Kier molecular flexibility index (Phi) is 6.47. The van der Waals surface area contributed by atoms with Crippen molar-refractivity contribution in [2.24, 2.45) is 0 Å².